The van der Waals surface area contributed by atoms with Crippen LogP contribution in [0.25, 0.3) is 0 Å². The lowest BCUT2D eigenvalue weighted by molar-refractivity contribution is -0.138. The van der Waals surface area contributed by atoms with Crippen LogP contribution >= 0.6 is 0 Å². The summed E-state index contributed by atoms with van der Waals surface area (Å²) in [7, 11) is 0. The molecule has 0 fully saturated rings. The van der Waals surface area contributed by atoms with Crippen LogP contribution in [-0.2, 0) is 4.79 Å². The van der Waals surface area contributed by atoms with E-state index in [2.05, 4.69) is 18.5 Å². The maximum Gasteiger partial charge on any atom is 0.325 e. The average Bonchev–Trinajstić information content (AvgIpc) is 2.31. The van der Waals surface area contributed by atoms with Crippen LogP contribution < -0.4 is 11.1 Å². The van der Waals surface area contributed by atoms with Crippen LogP contribution in [0.2, 0.25) is 0 Å². The number of allylic oxidation sites excluding steroid dienone is 3. The maximum absolute atomic E-state index is 11.0. The fourth-order valence-corrected chi connectivity index (χ4v) is 1.18. The summed E-state index contributed by atoms with van der Waals surface area (Å²) in [6.07, 6.45) is 5.62. The van der Waals surface area contributed by atoms with Crippen LogP contribution in [0.5, 0.6) is 0 Å². The molecule has 5 N–H and O–H groups in total. The quantitative estimate of drug-likeness (QED) is 0.369. The predicted molar refractivity (Wildman–Crippen MR) is 67.7 cm³/mol. The molecule has 0 bridgehead atoms. The second kappa shape index (κ2) is 8.32. The van der Waals surface area contributed by atoms with Crippen LogP contribution in [0.3, 0.4) is 0 Å². The summed E-state index contributed by atoms with van der Waals surface area (Å²) >= 11 is 0. The van der Waals surface area contributed by atoms with Gasteiger partial charge in [0.25, 0.3) is 0 Å². The number of carboxylic acid groups (broad SMARTS) is 1. The summed E-state index contributed by atoms with van der Waals surface area (Å²) in [4.78, 5) is 11.0. The second-order valence-corrected chi connectivity index (χ2v) is 3.15. The topological polar surface area (TPSA) is 95.6 Å². The van der Waals surface area contributed by atoms with E-state index in [1.165, 1.54) is 24.3 Å². The van der Waals surface area contributed by atoms with Gasteiger partial charge in [-0.25, -0.2) is 0 Å². The van der Waals surface area contributed by atoms with Gasteiger partial charge in [-0.2, -0.15) is 0 Å². The lowest BCUT2D eigenvalue weighted by Crippen LogP contribution is -2.41. The van der Waals surface area contributed by atoms with E-state index in [0.717, 1.165) is 0 Å². The van der Waals surface area contributed by atoms with E-state index in [0.29, 0.717) is 13.1 Å². The van der Waals surface area contributed by atoms with Gasteiger partial charge in [-0.3, -0.25) is 10.1 Å². The zero-order valence-corrected chi connectivity index (χ0v) is 9.60. The molecule has 94 valence electrons. The van der Waals surface area contributed by atoms with Gasteiger partial charge < -0.3 is 15.9 Å². The number of rotatable bonds is 8. The molecule has 0 amide bonds. The molecule has 0 aromatic rings. The fraction of sp³-hybridized carbons (Fsp3) is 0.250. The third-order valence-corrected chi connectivity index (χ3v) is 1.96. The van der Waals surface area contributed by atoms with Crippen molar-refractivity contribution in [1.29, 1.82) is 0 Å². The van der Waals surface area contributed by atoms with Crippen molar-refractivity contribution in [2.24, 2.45) is 5.73 Å². The van der Waals surface area contributed by atoms with Gasteiger partial charge in [0.2, 0.25) is 0 Å². The Morgan fingerprint density at radius 3 is 2.47 bits per heavy atom. The molecule has 0 aromatic heterocycles. The van der Waals surface area contributed by atoms with Crippen molar-refractivity contribution in [2.45, 2.75) is 6.04 Å². The van der Waals surface area contributed by atoms with Gasteiger partial charge >= 0.3 is 5.97 Å². The van der Waals surface area contributed by atoms with Gasteiger partial charge in [-0.15, -0.1) is 0 Å². The van der Waals surface area contributed by atoms with Crippen molar-refractivity contribution >= 4 is 5.97 Å². The Labute approximate surface area is 101 Å². The molecule has 0 radical (unpaired) electrons. The van der Waals surface area contributed by atoms with Crippen molar-refractivity contribution in [3.63, 3.8) is 0 Å². The van der Waals surface area contributed by atoms with Crippen LogP contribution in [0.4, 0.5) is 0 Å². The first kappa shape index (κ1) is 15.2. The second-order valence-electron chi connectivity index (χ2n) is 3.15. The van der Waals surface area contributed by atoms with E-state index in [1.54, 1.807) is 0 Å². The van der Waals surface area contributed by atoms with Crippen molar-refractivity contribution in [3.05, 3.63) is 48.8 Å². The van der Waals surface area contributed by atoms with Gasteiger partial charge in [0.05, 0.1) is 0 Å². The maximum atomic E-state index is 11.0. The van der Waals surface area contributed by atoms with Crippen molar-refractivity contribution in [2.75, 3.05) is 13.1 Å². The zero-order chi connectivity index (χ0) is 13.3. The molecule has 0 aliphatic rings. The van der Waals surface area contributed by atoms with E-state index >= 15 is 0 Å². The zero-order valence-electron chi connectivity index (χ0n) is 9.60. The first-order chi connectivity index (χ1) is 8.08. The minimum Gasteiger partial charge on any atom is -0.508 e. The van der Waals surface area contributed by atoms with Gasteiger partial charge in [0.1, 0.15) is 11.8 Å². The molecule has 5 heteroatoms. The van der Waals surface area contributed by atoms with Crippen LogP contribution in [0.15, 0.2) is 48.8 Å². The normalized spacial score (nSPS) is 14.2. The summed E-state index contributed by atoms with van der Waals surface area (Å²) in [5.74, 6) is -1.27. The van der Waals surface area contributed by atoms with Gasteiger partial charge in [0.15, 0.2) is 0 Å². The van der Waals surface area contributed by atoms with E-state index < -0.39 is 12.0 Å². The van der Waals surface area contributed by atoms with Crippen molar-refractivity contribution < 1.29 is 15.0 Å². The molecule has 0 saturated heterocycles. The van der Waals surface area contributed by atoms with Gasteiger partial charge in [-0.1, -0.05) is 31.4 Å². The third-order valence-electron chi connectivity index (χ3n) is 1.96. The van der Waals surface area contributed by atoms with E-state index in [-0.39, 0.29) is 11.3 Å². The highest BCUT2D eigenvalue weighted by Crippen LogP contribution is 2.10. The van der Waals surface area contributed by atoms with Gasteiger partial charge in [-0.05, 0) is 6.08 Å². The summed E-state index contributed by atoms with van der Waals surface area (Å²) in [5, 5.41) is 21.4. The Morgan fingerprint density at radius 2 is 2.06 bits per heavy atom. The minimum atomic E-state index is -1.10. The SMILES string of the molecule is C=C/C=C\C(O)=C(/C=C)C(NCCN)C(=O)O. The van der Waals surface area contributed by atoms with E-state index in [4.69, 9.17) is 10.8 Å². The molecule has 0 aromatic carbocycles. The molecule has 0 heterocycles. The highest BCUT2D eigenvalue weighted by atomic mass is 16.4. The standard InChI is InChI=1S/C12H18N2O3/c1-3-5-6-10(15)9(4-2)11(12(16)17)14-8-7-13/h3-6,11,14-15H,1-2,7-8,13H2,(H,16,17)/b6-5-,10-9-. The number of hydrogen-bond acceptors (Lipinski definition) is 4. The molecule has 17 heavy (non-hydrogen) atoms. The number of aliphatic hydroxyl groups excluding tert-OH is 1. The molecule has 0 saturated carbocycles. The fourth-order valence-electron chi connectivity index (χ4n) is 1.18. The molecule has 0 aliphatic carbocycles. The first-order valence-corrected chi connectivity index (χ1v) is 5.09. The lowest BCUT2D eigenvalue weighted by Gasteiger charge is -2.15. The Morgan fingerprint density at radius 1 is 1.41 bits per heavy atom. The van der Waals surface area contributed by atoms with Crippen molar-refractivity contribution in [3.8, 4) is 0 Å². The molecule has 0 rings (SSSR count). The molecular weight excluding hydrogens is 220 g/mol. The minimum absolute atomic E-state index is 0.170. The molecule has 1 unspecified atom stereocenters. The number of aliphatic carboxylic acids is 1. The number of carbonyl (C=O) groups is 1. The predicted octanol–water partition coefficient (Wildman–Crippen LogP) is 0.728. The molecule has 5 nitrogen and oxygen atoms in total. The Balaban J connectivity index is 5.13. The smallest absolute Gasteiger partial charge is 0.325 e. The van der Waals surface area contributed by atoms with Crippen molar-refractivity contribution in [1.82, 2.24) is 5.32 Å². The van der Waals surface area contributed by atoms with E-state index in [1.807, 2.05) is 0 Å². The monoisotopic (exact) mass is 238 g/mol. The highest BCUT2D eigenvalue weighted by Gasteiger charge is 2.21. The molecule has 1 atom stereocenters. The van der Waals surface area contributed by atoms with Crippen LogP contribution in [0, 0.1) is 0 Å². The summed E-state index contributed by atoms with van der Waals surface area (Å²) in [5.41, 5.74) is 5.47. The molecule has 0 spiro atoms. The highest BCUT2D eigenvalue weighted by molar-refractivity contribution is 5.78. The third kappa shape index (κ3) is 5.14. The number of hydrogen-bond donors (Lipinski definition) is 4. The first-order valence-electron chi connectivity index (χ1n) is 5.09. The summed E-state index contributed by atoms with van der Waals surface area (Å²) in [6.45, 7) is 7.57. The summed E-state index contributed by atoms with van der Waals surface area (Å²) < 4.78 is 0. The van der Waals surface area contributed by atoms with Crippen LogP contribution in [-0.4, -0.2) is 35.3 Å². The number of aliphatic hydroxyl groups is 1. The Bertz CT molecular complexity index is 346. The number of nitrogens with one attached hydrogen (secondary N) is 1. The molecular formula is C12H18N2O3. The largest absolute Gasteiger partial charge is 0.508 e. The summed E-state index contributed by atoms with van der Waals surface area (Å²) in [6, 6.07) is -1.04. The lowest BCUT2D eigenvalue weighted by atomic mass is 10.1. The Hall–Kier alpha value is -1.85. The van der Waals surface area contributed by atoms with Gasteiger partial charge in [0, 0.05) is 18.7 Å². The van der Waals surface area contributed by atoms with Crippen LogP contribution in [0.1, 0.15) is 0 Å². The Kier molecular flexibility index (Phi) is 7.41. The number of carboxylic acids is 1. The number of nitrogens with two attached hydrogens (primary N) is 1. The molecule has 0 aliphatic heterocycles. The van der Waals surface area contributed by atoms with E-state index in [9.17, 15) is 9.90 Å². The average molecular weight is 238 g/mol.